The molecule has 2 rings (SSSR count). The Bertz CT molecular complexity index is 442. The predicted molar refractivity (Wildman–Crippen MR) is 89.6 cm³/mol. The van der Waals surface area contributed by atoms with E-state index in [2.05, 4.69) is 12.2 Å². The normalized spacial score (nSPS) is 18.0. The Labute approximate surface area is 137 Å². The van der Waals surface area contributed by atoms with Crippen LogP contribution in [0.4, 0.5) is 0 Å². The average molecular weight is 331 g/mol. The number of halogens is 1. The number of benzene rings is 1. The number of nitrogens with zero attached hydrogens (tertiary/aromatic N) is 1. The number of carbonyl (C=O) groups is 1. The monoisotopic (exact) mass is 330 g/mol. The summed E-state index contributed by atoms with van der Waals surface area (Å²) < 4.78 is 5.13. The molecule has 1 heterocycles. The van der Waals surface area contributed by atoms with E-state index >= 15 is 0 Å². The van der Waals surface area contributed by atoms with Crippen LogP contribution in [0.25, 0.3) is 0 Å². The van der Waals surface area contributed by atoms with E-state index in [1.165, 1.54) is 4.90 Å². The van der Waals surface area contributed by atoms with E-state index in [1.807, 2.05) is 29.2 Å². The summed E-state index contributed by atoms with van der Waals surface area (Å²) in [4.78, 5) is 15.3. The molecule has 0 saturated carbocycles. The molecule has 6 heteroatoms. The molecule has 0 aromatic heterocycles. The van der Waals surface area contributed by atoms with Gasteiger partial charge >= 0.3 is 0 Å². The van der Waals surface area contributed by atoms with Gasteiger partial charge in [-0.2, -0.15) is 0 Å². The van der Waals surface area contributed by atoms with E-state index in [-0.39, 0.29) is 18.3 Å². The summed E-state index contributed by atoms with van der Waals surface area (Å²) in [6.45, 7) is 4.73. The summed E-state index contributed by atoms with van der Waals surface area (Å²) >= 11 is 1.71. The zero-order chi connectivity index (χ0) is 14.4. The number of carbonyl (C=O) groups excluding carboxylic acids is 1. The third-order valence-corrected chi connectivity index (χ3v) is 4.48. The zero-order valence-corrected chi connectivity index (χ0v) is 14.1. The van der Waals surface area contributed by atoms with Gasteiger partial charge in [-0.05, 0) is 31.2 Å². The molecule has 1 aromatic rings. The number of piperazine rings is 1. The smallest absolute Gasteiger partial charge is 0.223 e. The Morgan fingerprint density at radius 2 is 2.14 bits per heavy atom. The summed E-state index contributed by atoms with van der Waals surface area (Å²) in [5.41, 5.74) is 0. The highest BCUT2D eigenvalue weighted by atomic mass is 35.5. The molecule has 1 aliphatic heterocycles. The number of methoxy groups -OCH3 is 1. The molecule has 0 radical (unpaired) electrons. The first-order chi connectivity index (χ1) is 9.70. The molecule has 1 atom stereocenters. The largest absolute Gasteiger partial charge is 0.497 e. The van der Waals surface area contributed by atoms with Crippen molar-refractivity contribution in [1.29, 1.82) is 0 Å². The maximum Gasteiger partial charge on any atom is 0.223 e. The standard InChI is InChI=1S/C15H22N2O2S.ClH/c1-12-11-16-8-9-17(12)15(18)7-10-20-14-5-3-13(19-2)4-6-14;/h3-6,12,16H,7-11H2,1-2H3;1H/t12-;/m0./s1. The minimum atomic E-state index is 0. The highest BCUT2D eigenvalue weighted by Gasteiger charge is 2.22. The van der Waals surface area contributed by atoms with Gasteiger partial charge in [-0.15, -0.1) is 24.2 Å². The van der Waals surface area contributed by atoms with Crippen LogP contribution in [-0.2, 0) is 4.79 Å². The Morgan fingerprint density at radius 3 is 2.76 bits per heavy atom. The molecule has 0 bridgehead atoms. The first-order valence-corrected chi connectivity index (χ1v) is 7.96. The second kappa shape index (κ2) is 9.18. The first kappa shape index (κ1) is 18.1. The maximum atomic E-state index is 12.2. The lowest BCUT2D eigenvalue weighted by Gasteiger charge is -2.34. The summed E-state index contributed by atoms with van der Waals surface area (Å²) in [7, 11) is 1.66. The van der Waals surface area contributed by atoms with E-state index in [0.29, 0.717) is 12.5 Å². The van der Waals surface area contributed by atoms with Crippen molar-refractivity contribution >= 4 is 30.1 Å². The SMILES string of the molecule is COc1ccc(SCCC(=O)N2CCNC[C@@H]2C)cc1.Cl. The van der Waals surface area contributed by atoms with Crippen LogP contribution >= 0.6 is 24.2 Å². The maximum absolute atomic E-state index is 12.2. The summed E-state index contributed by atoms with van der Waals surface area (Å²) in [5.74, 6) is 1.95. The summed E-state index contributed by atoms with van der Waals surface area (Å²) in [6.07, 6.45) is 0.598. The number of nitrogens with one attached hydrogen (secondary N) is 1. The Morgan fingerprint density at radius 1 is 1.43 bits per heavy atom. The predicted octanol–water partition coefficient (Wildman–Crippen LogP) is 2.42. The molecule has 1 amide bonds. The molecule has 1 aromatic carbocycles. The van der Waals surface area contributed by atoms with Gasteiger partial charge in [-0.3, -0.25) is 4.79 Å². The van der Waals surface area contributed by atoms with E-state index in [1.54, 1.807) is 18.9 Å². The minimum Gasteiger partial charge on any atom is -0.497 e. The zero-order valence-electron chi connectivity index (χ0n) is 12.5. The summed E-state index contributed by atoms with van der Waals surface area (Å²) in [5, 5.41) is 3.30. The lowest BCUT2D eigenvalue weighted by molar-refractivity contribution is -0.133. The highest BCUT2D eigenvalue weighted by molar-refractivity contribution is 7.99. The van der Waals surface area contributed by atoms with Gasteiger partial charge in [0.15, 0.2) is 0 Å². The molecule has 0 unspecified atom stereocenters. The Kier molecular flexibility index (Phi) is 7.93. The van der Waals surface area contributed by atoms with Crippen LogP contribution in [0.1, 0.15) is 13.3 Å². The Hall–Kier alpha value is -0.910. The second-order valence-electron chi connectivity index (χ2n) is 4.91. The molecule has 1 N–H and O–H groups in total. The van der Waals surface area contributed by atoms with Gasteiger partial charge < -0.3 is 15.0 Å². The van der Waals surface area contributed by atoms with Gasteiger partial charge in [-0.25, -0.2) is 0 Å². The molecule has 0 spiro atoms. The molecule has 118 valence electrons. The van der Waals surface area contributed by atoms with Crippen molar-refractivity contribution in [3.8, 4) is 5.75 Å². The molecule has 4 nitrogen and oxygen atoms in total. The molecular weight excluding hydrogens is 308 g/mol. The van der Waals surface area contributed by atoms with Crippen molar-refractivity contribution in [3.05, 3.63) is 24.3 Å². The van der Waals surface area contributed by atoms with Gasteiger partial charge in [0.2, 0.25) is 5.91 Å². The van der Waals surface area contributed by atoms with Crippen molar-refractivity contribution < 1.29 is 9.53 Å². The van der Waals surface area contributed by atoms with Crippen molar-refractivity contribution in [2.24, 2.45) is 0 Å². The average Bonchev–Trinajstić information content (AvgIpc) is 2.48. The third-order valence-electron chi connectivity index (χ3n) is 3.47. The quantitative estimate of drug-likeness (QED) is 0.842. The fourth-order valence-corrected chi connectivity index (χ4v) is 3.12. The van der Waals surface area contributed by atoms with Crippen molar-refractivity contribution in [2.75, 3.05) is 32.5 Å². The fourth-order valence-electron chi connectivity index (χ4n) is 2.28. The van der Waals surface area contributed by atoms with Crippen LogP contribution in [0, 0.1) is 0 Å². The molecule has 1 aliphatic rings. The number of amides is 1. The van der Waals surface area contributed by atoms with Gasteiger partial charge in [0.25, 0.3) is 0 Å². The van der Waals surface area contributed by atoms with Crippen LogP contribution < -0.4 is 10.1 Å². The highest BCUT2D eigenvalue weighted by Crippen LogP contribution is 2.22. The van der Waals surface area contributed by atoms with E-state index in [0.717, 1.165) is 31.1 Å². The van der Waals surface area contributed by atoms with Crippen LogP contribution in [-0.4, -0.2) is 49.3 Å². The second-order valence-corrected chi connectivity index (χ2v) is 6.08. The number of hydrogen-bond acceptors (Lipinski definition) is 4. The van der Waals surface area contributed by atoms with Crippen LogP contribution in [0.3, 0.4) is 0 Å². The van der Waals surface area contributed by atoms with Gasteiger partial charge in [0.05, 0.1) is 7.11 Å². The molecule has 1 fully saturated rings. The topological polar surface area (TPSA) is 41.6 Å². The minimum absolute atomic E-state index is 0. The summed E-state index contributed by atoms with van der Waals surface area (Å²) in [6, 6.07) is 8.26. The molecule has 0 aliphatic carbocycles. The fraction of sp³-hybridized carbons (Fsp3) is 0.533. The number of rotatable bonds is 5. The number of ether oxygens (including phenoxy) is 1. The lowest BCUT2D eigenvalue weighted by Crippen LogP contribution is -2.52. The van der Waals surface area contributed by atoms with Crippen LogP contribution in [0.5, 0.6) is 5.75 Å². The Balaban J connectivity index is 0.00000220. The van der Waals surface area contributed by atoms with E-state index in [9.17, 15) is 4.79 Å². The molecule has 21 heavy (non-hydrogen) atoms. The van der Waals surface area contributed by atoms with Crippen LogP contribution in [0.15, 0.2) is 29.2 Å². The van der Waals surface area contributed by atoms with Crippen molar-refractivity contribution in [1.82, 2.24) is 10.2 Å². The van der Waals surface area contributed by atoms with Gasteiger partial charge in [0.1, 0.15) is 5.75 Å². The van der Waals surface area contributed by atoms with Gasteiger partial charge in [-0.1, -0.05) is 0 Å². The first-order valence-electron chi connectivity index (χ1n) is 6.97. The van der Waals surface area contributed by atoms with Crippen molar-refractivity contribution in [2.45, 2.75) is 24.3 Å². The van der Waals surface area contributed by atoms with E-state index in [4.69, 9.17) is 4.74 Å². The number of hydrogen-bond donors (Lipinski definition) is 1. The van der Waals surface area contributed by atoms with E-state index < -0.39 is 0 Å². The third kappa shape index (κ3) is 5.41. The van der Waals surface area contributed by atoms with Gasteiger partial charge in [0, 0.05) is 42.7 Å². The van der Waals surface area contributed by atoms with Crippen LogP contribution in [0.2, 0.25) is 0 Å². The molecular formula is C15H23ClN2O2S. The molecule has 1 saturated heterocycles. The number of thioether (sulfide) groups is 1. The van der Waals surface area contributed by atoms with Crippen molar-refractivity contribution in [3.63, 3.8) is 0 Å². The lowest BCUT2D eigenvalue weighted by atomic mass is 10.2.